The van der Waals surface area contributed by atoms with Gasteiger partial charge in [0, 0.05) is 17.6 Å². The molecule has 1 N–H and O–H groups in total. The molecule has 0 unspecified atom stereocenters. The fourth-order valence-electron chi connectivity index (χ4n) is 3.56. The summed E-state index contributed by atoms with van der Waals surface area (Å²) in [4.78, 5) is 2.22. The summed E-state index contributed by atoms with van der Waals surface area (Å²) in [5, 5.41) is 3.29. The van der Waals surface area contributed by atoms with Gasteiger partial charge < -0.3 is 9.88 Å². The zero-order valence-electron chi connectivity index (χ0n) is 11.2. The zero-order chi connectivity index (χ0) is 14.5. The van der Waals surface area contributed by atoms with Crippen LogP contribution in [0.4, 0.5) is 13.2 Å². The van der Waals surface area contributed by atoms with Gasteiger partial charge in [-0.05, 0) is 55.0 Å². The maximum atomic E-state index is 13.2. The molecule has 2 aliphatic rings. The summed E-state index contributed by atoms with van der Waals surface area (Å²) < 4.78 is 41.6. The number of hydrogen-bond donors (Lipinski definition) is 1. The first-order chi connectivity index (χ1) is 9.36. The Labute approximate surface area is 124 Å². The van der Waals surface area contributed by atoms with E-state index in [1.165, 1.54) is 10.6 Å². The lowest BCUT2D eigenvalue weighted by atomic mass is 9.82. The molecule has 3 nitrogen and oxygen atoms in total. The van der Waals surface area contributed by atoms with E-state index in [4.69, 9.17) is 0 Å². The van der Waals surface area contributed by atoms with E-state index in [1.54, 1.807) is 0 Å². The van der Waals surface area contributed by atoms with Gasteiger partial charge in [-0.2, -0.15) is 13.2 Å². The largest absolute Gasteiger partial charge is 0.431 e. The van der Waals surface area contributed by atoms with Crippen molar-refractivity contribution >= 4 is 15.9 Å². The van der Waals surface area contributed by atoms with Gasteiger partial charge in [0.2, 0.25) is 0 Å². The Balaban J connectivity index is 2.16. The first kappa shape index (κ1) is 14.4. The standard InChI is InChI=1S/C13H17BrF3N3/c1-19-6-7-20-10(13(15,16)17)8-9(14)11(20)12(19)2-4-18-5-3-12/h8,18H,2-7H2,1H3. The molecule has 112 valence electrons. The third-order valence-electron chi connectivity index (χ3n) is 4.60. The Bertz CT molecular complexity index is 518. The second kappa shape index (κ2) is 4.74. The van der Waals surface area contributed by atoms with Gasteiger partial charge in [-0.1, -0.05) is 0 Å². The van der Waals surface area contributed by atoms with Crippen LogP contribution >= 0.6 is 15.9 Å². The van der Waals surface area contributed by atoms with Crippen molar-refractivity contribution in [1.29, 1.82) is 0 Å². The molecule has 3 heterocycles. The normalized spacial score (nSPS) is 23.1. The molecule has 0 bridgehead atoms. The Morgan fingerprint density at radius 1 is 1.25 bits per heavy atom. The number of likely N-dealkylation sites (N-methyl/N-ethyl adjacent to an activating group) is 1. The van der Waals surface area contributed by atoms with Crippen molar-refractivity contribution in [2.24, 2.45) is 0 Å². The quantitative estimate of drug-likeness (QED) is 0.775. The van der Waals surface area contributed by atoms with Crippen LogP contribution < -0.4 is 5.32 Å². The number of nitrogens with zero attached hydrogens (tertiary/aromatic N) is 2. The molecular weight excluding hydrogens is 335 g/mol. The molecule has 2 aliphatic heterocycles. The summed E-state index contributed by atoms with van der Waals surface area (Å²) in [6, 6.07) is 1.23. The Kier molecular flexibility index (Phi) is 3.42. The van der Waals surface area contributed by atoms with Crippen LogP contribution in [0.1, 0.15) is 24.2 Å². The molecule has 0 atom stereocenters. The number of piperidine rings is 1. The molecule has 1 spiro atoms. The molecule has 0 aliphatic carbocycles. The van der Waals surface area contributed by atoms with Crippen LogP contribution in [0, 0.1) is 0 Å². The van der Waals surface area contributed by atoms with Gasteiger partial charge in [-0.25, -0.2) is 0 Å². The first-order valence-corrected chi connectivity index (χ1v) is 7.54. The van der Waals surface area contributed by atoms with Crippen molar-refractivity contribution in [2.75, 3.05) is 26.7 Å². The topological polar surface area (TPSA) is 20.2 Å². The lowest BCUT2D eigenvalue weighted by Gasteiger charge is -2.49. The number of fused-ring (bicyclic) bond motifs is 2. The minimum atomic E-state index is -4.30. The number of nitrogens with one attached hydrogen (secondary N) is 1. The van der Waals surface area contributed by atoms with Crippen LogP contribution in [0.5, 0.6) is 0 Å². The van der Waals surface area contributed by atoms with Crippen LogP contribution in [-0.4, -0.2) is 36.1 Å². The Morgan fingerprint density at radius 2 is 1.90 bits per heavy atom. The Hall–Kier alpha value is -0.530. The molecule has 20 heavy (non-hydrogen) atoms. The lowest BCUT2D eigenvalue weighted by Crippen LogP contribution is -2.55. The monoisotopic (exact) mass is 351 g/mol. The summed E-state index contributed by atoms with van der Waals surface area (Å²) in [7, 11) is 2.02. The summed E-state index contributed by atoms with van der Waals surface area (Å²) in [5.74, 6) is 0. The average Bonchev–Trinajstić information content (AvgIpc) is 2.74. The molecule has 0 saturated carbocycles. The van der Waals surface area contributed by atoms with E-state index in [-0.39, 0.29) is 5.54 Å². The minimum absolute atomic E-state index is 0.286. The Morgan fingerprint density at radius 3 is 2.50 bits per heavy atom. The highest BCUT2D eigenvalue weighted by molar-refractivity contribution is 9.10. The fraction of sp³-hybridized carbons (Fsp3) is 0.692. The van der Waals surface area contributed by atoms with E-state index in [9.17, 15) is 13.2 Å². The van der Waals surface area contributed by atoms with E-state index in [2.05, 4.69) is 26.1 Å². The molecule has 1 aromatic rings. The van der Waals surface area contributed by atoms with E-state index in [1.807, 2.05) is 7.05 Å². The smallest absolute Gasteiger partial charge is 0.337 e. The molecule has 0 amide bonds. The average molecular weight is 352 g/mol. The second-order valence-electron chi connectivity index (χ2n) is 5.58. The lowest BCUT2D eigenvalue weighted by molar-refractivity contribution is -0.144. The summed E-state index contributed by atoms with van der Waals surface area (Å²) >= 11 is 3.37. The van der Waals surface area contributed by atoms with Crippen LogP contribution in [-0.2, 0) is 18.3 Å². The van der Waals surface area contributed by atoms with Crippen molar-refractivity contribution in [3.05, 3.63) is 21.9 Å². The van der Waals surface area contributed by atoms with E-state index in [0.29, 0.717) is 17.6 Å². The van der Waals surface area contributed by atoms with Crippen molar-refractivity contribution in [1.82, 2.24) is 14.8 Å². The van der Waals surface area contributed by atoms with E-state index < -0.39 is 11.9 Å². The highest BCUT2D eigenvalue weighted by atomic mass is 79.9. The van der Waals surface area contributed by atoms with Gasteiger partial charge in [0.25, 0.3) is 0 Å². The van der Waals surface area contributed by atoms with Crippen molar-refractivity contribution < 1.29 is 13.2 Å². The highest BCUT2D eigenvalue weighted by Gasteiger charge is 2.47. The molecule has 0 aromatic carbocycles. The zero-order valence-corrected chi connectivity index (χ0v) is 12.8. The van der Waals surface area contributed by atoms with E-state index >= 15 is 0 Å². The summed E-state index contributed by atoms with van der Waals surface area (Å²) in [6.45, 7) is 2.71. The highest BCUT2D eigenvalue weighted by Crippen LogP contribution is 2.46. The fourth-order valence-corrected chi connectivity index (χ4v) is 4.36. The predicted molar refractivity (Wildman–Crippen MR) is 73.5 cm³/mol. The van der Waals surface area contributed by atoms with Crippen LogP contribution in [0.3, 0.4) is 0 Å². The molecule has 1 aromatic heterocycles. The van der Waals surface area contributed by atoms with Gasteiger partial charge in [0.1, 0.15) is 5.69 Å². The number of halogens is 4. The third kappa shape index (κ3) is 2.02. The van der Waals surface area contributed by atoms with Gasteiger partial charge >= 0.3 is 6.18 Å². The molecule has 1 fully saturated rings. The number of hydrogen-bond acceptors (Lipinski definition) is 2. The summed E-state index contributed by atoms with van der Waals surface area (Å²) in [5.41, 5.74) is -0.0308. The van der Waals surface area contributed by atoms with Crippen LogP contribution in [0.2, 0.25) is 0 Å². The van der Waals surface area contributed by atoms with Gasteiger partial charge in [0.05, 0.1) is 11.2 Å². The van der Waals surface area contributed by atoms with Gasteiger partial charge in [-0.3, -0.25) is 4.90 Å². The predicted octanol–water partition coefficient (Wildman–Crippen LogP) is 2.79. The number of aromatic nitrogens is 1. The second-order valence-corrected chi connectivity index (χ2v) is 6.43. The van der Waals surface area contributed by atoms with Crippen LogP contribution in [0.25, 0.3) is 0 Å². The van der Waals surface area contributed by atoms with E-state index in [0.717, 1.165) is 31.6 Å². The first-order valence-electron chi connectivity index (χ1n) is 6.75. The van der Waals surface area contributed by atoms with Crippen molar-refractivity contribution in [3.63, 3.8) is 0 Å². The van der Waals surface area contributed by atoms with Gasteiger partial charge in [0.15, 0.2) is 0 Å². The molecule has 1 saturated heterocycles. The number of alkyl halides is 3. The number of rotatable bonds is 0. The molecule has 7 heteroatoms. The molecule has 3 rings (SSSR count). The molecule has 0 radical (unpaired) electrons. The third-order valence-corrected chi connectivity index (χ3v) is 5.21. The van der Waals surface area contributed by atoms with Crippen LogP contribution in [0.15, 0.2) is 10.5 Å². The maximum Gasteiger partial charge on any atom is 0.431 e. The maximum absolute atomic E-state index is 13.2. The van der Waals surface area contributed by atoms with Gasteiger partial charge in [-0.15, -0.1) is 0 Å². The SMILES string of the molecule is CN1CCn2c(C(F)(F)F)cc(Br)c2C12CCNCC2. The van der Waals surface area contributed by atoms with Crippen molar-refractivity contribution in [2.45, 2.75) is 31.1 Å². The minimum Gasteiger partial charge on any atom is -0.337 e. The summed E-state index contributed by atoms with van der Waals surface area (Å²) in [6.07, 6.45) is -2.63. The molecular formula is C13H17BrF3N3. The van der Waals surface area contributed by atoms with Crippen molar-refractivity contribution in [3.8, 4) is 0 Å².